The number of anilines is 1. The van der Waals surface area contributed by atoms with Gasteiger partial charge in [-0.3, -0.25) is 13.9 Å². The number of nitrogens with one attached hydrogen (secondary N) is 1. The molecule has 0 unspecified atom stereocenters. The number of aryl methyl sites for hydroxylation is 2. The van der Waals surface area contributed by atoms with Crippen molar-refractivity contribution in [2.45, 2.75) is 64.1 Å². The molecule has 4 aromatic rings. The van der Waals surface area contributed by atoms with Crippen LogP contribution in [0, 0.1) is 13.8 Å². The second kappa shape index (κ2) is 16.0. The first kappa shape index (κ1) is 35.5. The van der Waals surface area contributed by atoms with E-state index in [1.54, 1.807) is 24.3 Å². The molecule has 0 spiro atoms. The molecule has 0 fully saturated rings. The fourth-order valence-electron chi connectivity index (χ4n) is 5.14. The first-order valence-corrected chi connectivity index (χ1v) is 17.4. The summed E-state index contributed by atoms with van der Waals surface area (Å²) < 4.78 is 34.9. The van der Waals surface area contributed by atoms with Crippen LogP contribution in [0.1, 0.15) is 42.5 Å². The fraction of sp³-hybridized carbons (Fsp3) is 0.297. The molecule has 0 aromatic heterocycles. The Balaban J connectivity index is 1.84. The summed E-state index contributed by atoms with van der Waals surface area (Å²) >= 11 is 6.46. The number of amides is 2. The van der Waals surface area contributed by atoms with E-state index in [2.05, 4.69) is 5.32 Å². The number of nitrogens with zero attached hydrogens (tertiary/aromatic N) is 2. The number of benzene rings is 4. The van der Waals surface area contributed by atoms with Gasteiger partial charge in [-0.15, -0.1) is 0 Å². The van der Waals surface area contributed by atoms with Crippen molar-refractivity contribution in [3.63, 3.8) is 0 Å². The molecule has 0 radical (unpaired) electrons. The topological polar surface area (TPSA) is 96.0 Å². The number of carbonyl (C=O) groups is 2. The zero-order valence-corrected chi connectivity index (χ0v) is 29.0. The average molecular weight is 676 g/mol. The molecule has 47 heavy (non-hydrogen) atoms. The van der Waals surface area contributed by atoms with Crippen molar-refractivity contribution < 1.29 is 22.7 Å². The highest BCUT2D eigenvalue weighted by Crippen LogP contribution is 2.32. The van der Waals surface area contributed by atoms with Crippen LogP contribution < -0.4 is 14.4 Å². The van der Waals surface area contributed by atoms with Gasteiger partial charge in [0.2, 0.25) is 11.8 Å². The second-order valence-electron chi connectivity index (χ2n) is 11.6. The van der Waals surface area contributed by atoms with Crippen molar-refractivity contribution in [2.24, 2.45) is 0 Å². The van der Waals surface area contributed by atoms with E-state index in [-0.39, 0.29) is 40.5 Å². The van der Waals surface area contributed by atoms with Crippen molar-refractivity contribution in [1.82, 2.24) is 10.2 Å². The van der Waals surface area contributed by atoms with E-state index in [0.29, 0.717) is 12.2 Å². The van der Waals surface area contributed by atoms with E-state index in [4.69, 9.17) is 16.3 Å². The number of halogens is 1. The largest absolute Gasteiger partial charge is 0.495 e. The molecule has 0 aliphatic heterocycles. The summed E-state index contributed by atoms with van der Waals surface area (Å²) in [5.41, 5.74) is 3.72. The van der Waals surface area contributed by atoms with Crippen LogP contribution in [0.2, 0.25) is 5.02 Å². The van der Waals surface area contributed by atoms with E-state index in [0.717, 1.165) is 26.6 Å². The number of rotatable bonds is 14. The second-order valence-corrected chi connectivity index (χ2v) is 13.9. The quantitative estimate of drug-likeness (QED) is 0.160. The van der Waals surface area contributed by atoms with Crippen LogP contribution in [-0.2, 0) is 32.6 Å². The molecule has 2 amide bonds. The number of methoxy groups -OCH3 is 1. The van der Waals surface area contributed by atoms with Crippen molar-refractivity contribution in [2.75, 3.05) is 18.0 Å². The number of hydrogen-bond acceptors (Lipinski definition) is 5. The molecule has 0 aliphatic rings. The molecule has 8 nitrogen and oxygen atoms in total. The van der Waals surface area contributed by atoms with Gasteiger partial charge >= 0.3 is 0 Å². The minimum atomic E-state index is -4.26. The van der Waals surface area contributed by atoms with Gasteiger partial charge in [0.05, 0.1) is 22.7 Å². The Kier molecular flexibility index (Phi) is 12.1. The number of ether oxygens (including phenoxy) is 1. The Morgan fingerprint density at radius 3 is 2.19 bits per heavy atom. The monoisotopic (exact) mass is 675 g/mol. The van der Waals surface area contributed by atoms with Crippen LogP contribution in [-0.4, -0.2) is 50.9 Å². The van der Waals surface area contributed by atoms with Gasteiger partial charge in [-0.25, -0.2) is 8.42 Å². The predicted molar refractivity (Wildman–Crippen MR) is 187 cm³/mol. The summed E-state index contributed by atoms with van der Waals surface area (Å²) in [6, 6.07) is 27.1. The van der Waals surface area contributed by atoms with Crippen LogP contribution in [0.3, 0.4) is 0 Å². The standard InChI is InChI=1S/C37H42ClN3O5S/c1-6-28(4)39-37(43)34(22-29-13-8-7-9-14-29)40(24-30-15-11-10-12-27(30)3)36(42)25-41(31-18-21-35(46-5)33(38)23-31)47(44,45)32-19-16-26(2)17-20-32/h7-21,23,28,34H,6,22,24-25H2,1-5H3,(H,39,43)/t28-,34-/m0/s1. The van der Waals surface area contributed by atoms with Gasteiger partial charge < -0.3 is 15.0 Å². The Bertz CT molecular complexity index is 1780. The summed E-state index contributed by atoms with van der Waals surface area (Å²) in [5, 5.41) is 3.24. The van der Waals surface area contributed by atoms with Crippen molar-refractivity contribution in [3.05, 3.63) is 124 Å². The van der Waals surface area contributed by atoms with E-state index in [1.165, 1.54) is 30.2 Å². The van der Waals surface area contributed by atoms with Crippen molar-refractivity contribution in [3.8, 4) is 5.75 Å². The number of carbonyl (C=O) groups excluding carboxylic acids is 2. The fourth-order valence-corrected chi connectivity index (χ4v) is 6.80. The van der Waals surface area contributed by atoms with Gasteiger partial charge in [-0.1, -0.05) is 90.8 Å². The van der Waals surface area contributed by atoms with Crippen LogP contribution in [0.15, 0.2) is 102 Å². The molecule has 4 aromatic carbocycles. The lowest BCUT2D eigenvalue weighted by Crippen LogP contribution is -2.54. The highest BCUT2D eigenvalue weighted by atomic mass is 35.5. The molecule has 0 heterocycles. The highest BCUT2D eigenvalue weighted by molar-refractivity contribution is 7.92. The number of hydrogen-bond donors (Lipinski definition) is 1. The number of sulfonamides is 1. The first-order chi connectivity index (χ1) is 22.4. The van der Waals surface area contributed by atoms with Gasteiger partial charge in [-0.2, -0.15) is 0 Å². The van der Waals surface area contributed by atoms with Gasteiger partial charge in [0.1, 0.15) is 18.3 Å². The van der Waals surface area contributed by atoms with E-state index < -0.39 is 28.5 Å². The molecule has 248 valence electrons. The Hall–Kier alpha value is -4.34. The Morgan fingerprint density at radius 2 is 1.57 bits per heavy atom. The van der Waals surface area contributed by atoms with Gasteiger partial charge in [0.15, 0.2) is 0 Å². The SMILES string of the molecule is CC[C@H](C)NC(=O)[C@H](Cc1ccccc1)N(Cc1ccccc1C)C(=O)CN(c1ccc(OC)c(Cl)c1)S(=O)(=O)c1ccc(C)cc1. The summed E-state index contributed by atoms with van der Waals surface area (Å²) in [6.07, 6.45) is 0.941. The van der Waals surface area contributed by atoms with E-state index in [9.17, 15) is 18.0 Å². The average Bonchev–Trinajstić information content (AvgIpc) is 3.06. The highest BCUT2D eigenvalue weighted by Gasteiger charge is 2.35. The minimum absolute atomic E-state index is 0.0173. The van der Waals surface area contributed by atoms with Crippen LogP contribution >= 0.6 is 11.6 Å². The van der Waals surface area contributed by atoms with Crippen LogP contribution in [0.5, 0.6) is 5.75 Å². The minimum Gasteiger partial charge on any atom is -0.495 e. The normalized spacial score (nSPS) is 12.6. The van der Waals surface area contributed by atoms with Crippen molar-refractivity contribution in [1.29, 1.82) is 0 Å². The molecule has 10 heteroatoms. The lowest BCUT2D eigenvalue weighted by Gasteiger charge is -2.34. The van der Waals surface area contributed by atoms with Crippen molar-refractivity contribution >= 4 is 39.1 Å². The molecular weight excluding hydrogens is 634 g/mol. The summed E-state index contributed by atoms with van der Waals surface area (Å²) in [7, 11) is -2.79. The molecule has 0 saturated carbocycles. The van der Waals surface area contributed by atoms with Gasteiger partial charge in [0, 0.05) is 19.0 Å². The zero-order valence-electron chi connectivity index (χ0n) is 27.4. The molecule has 2 atom stereocenters. The van der Waals surface area contributed by atoms with Gasteiger partial charge in [-0.05, 0) is 74.2 Å². The van der Waals surface area contributed by atoms with E-state index >= 15 is 0 Å². The summed E-state index contributed by atoms with van der Waals surface area (Å²) in [4.78, 5) is 30.2. The summed E-state index contributed by atoms with van der Waals surface area (Å²) in [5.74, 6) is -0.498. The molecule has 0 bridgehead atoms. The smallest absolute Gasteiger partial charge is 0.264 e. The third-order valence-corrected chi connectivity index (χ3v) is 10.3. The molecule has 4 rings (SSSR count). The van der Waals surface area contributed by atoms with Crippen LogP contribution in [0.4, 0.5) is 5.69 Å². The Labute approximate surface area is 283 Å². The molecule has 0 saturated heterocycles. The third kappa shape index (κ3) is 8.93. The third-order valence-electron chi connectivity index (χ3n) is 8.19. The molecule has 1 N–H and O–H groups in total. The van der Waals surface area contributed by atoms with Gasteiger partial charge in [0.25, 0.3) is 10.0 Å². The first-order valence-electron chi connectivity index (χ1n) is 15.6. The van der Waals surface area contributed by atoms with Crippen LogP contribution in [0.25, 0.3) is 0 Å². The lowest BCUT2D eigenvalue weighted by atomic mass is 10.0. The Morgan fingerprint density at radius 1 is 0.915 bits per heavy atom. The maximum absolute atomic E-state index is 14.7. The lowest BCUT2D eigenvalue weighted by molar-refractivity contribution is -0.140. The van der Waals surface area contributed by atoms with E-state index in [1.807, 2.05) is 82.3 Å². The zero-order chi connectivity index (χ0) is 34.1. The maximum Gasteiger partial charge on any atom is 0.264 e. The summed E-state index contributed by atoms with van der Waals surface area (Å²) in [6.45, 7) is 7.21. The molecule has 0 aliphatic carbocycles. The maximum atomic E-state index is 14.7. The molecular formula is C37H42ClN3O5S. The predicted octanol–water partition coefficient (Wildman–Crippen LogP) is 6.72.